The number of nitrogens with zero attached hydrogens (tertiary/aromatic N) is 3. The van der Waals surface area contributed by atoms with E-state index in [0.29, 0.717) is 17.1 Å². The first-order valence-corrected chi connectivity index (χ1v) is 6.07. The third-order valence-electron chi connectivity index (χ3n) is 3.03. The molecule has 0 bridgehead atoms. The van der Waals surface area contributed by atoms with Gasteiger partial charge in [-0.1, -0.05) is 0 Å². The van der Waals surface area contributed by atoms with Crippen molar-refractivity contribution in [3.63, 3.8) is 0 Å². The molecule has 1 aromatic carbocycles. The molecule has 0 aliphatic rings. The highest BCUT2D eigenvalue weighted by Crippen LogP contribution is 2.15. The first-order chi connectivity index (χ1) is 9.63. The molecule has 3 N–H and O–H groups in total. The van der Waals surface area contributed by atoms with Crippen LogP contribution in [0.3, 0.4) is 0 Å². The number of amides is 1. The lowest BCUT2D eigenvalue weighted by Gasteiger charge is -2.05. The van der Waals surface area contributed by atoms with Crippen molar-refractivity contribution in [2.24, 2.45) is 7.05 Å². The van der Waals surface area contributed by atoms with Crippen LogP contribution in [0.25, 0.3) is 11.0 Å². The van der Waals surface area contributed by atoms with Crippen LogP contribution in [-0.4, -0.2) is 20.4 Å². The van der Waals surface area contributed by atoms with E-state index in [1.165, 1.54) is 6.20 Å². The van der Waals surface area contributed by atoms with Gasteiger partial charge in [-0.3, -0.25) is 4.79 Å². The SMILES string of the molecule is Cn1cnc2cc(C(=O)Nc3ccc(N)nc3)ccc21. The molecule has 0 atom stereocenters. The van der Waals surface area contributed by atoms with Gasteiger partial charge in [0.05, 0.1) is 29.2 Å². The summed E-state index contributed by atoms with van der Waals surface area (Å²) in [6, 6.07) is 8.75. The van der Waals surface area contributed by atoms with Crippen LogP contribution in [0.2, 0.25) is 0 Å². The van der Waals surface area contributed by atoms with Crippen LogP contribution in [0.4, 0.5) is 11.5 Å². The zero-order valence-electron chi connectivity index (χ0n) is 10.9. The summed E-state index contributed by atoms with van der Waals surface area (Å²) in [7, 11) is 1.91. The van der Waals surface area contributed by atoms with E-state index in [-0.39, 0.29) is 5.91 Å². The number of rotatable bonds is 2. The van der Waals surface area contributed by atoms with E-state index in [1.54, 1.807) is 30.6 Å². The van der Waals surface area contributed by atoms with Crippen LogP contribution < -0.4 is 11.1 Å². The van der Waals surface area contributed by atoms with Gasteiger partial charge in [0.2, 0.25) is 0 Å². The maximum absolute atomic E-state index is 12.1. The summed E-state index contributed by atoms with van der Waals surface area (Å²) in [6.07, 6.45) is 3.24. The van der Waals surface area contributed by atoms with Gasteiger partial charge in [0, 0.05) is 12.6 Å². The van der Waals surface area contributed by atoms with E-state index in [4.69, 9.17) is 5.73 Å². The number of nitrogen functional groups attached to an aromatic ring is 1. The van der Waals surface area contributed by atoms with Crippen LogP contribution in [0.15, 0.2) is 42.9 Å². The number of benzene rings is 1. The number of aryl methyl sites for hydroxylation is 1. The molecule has 0 fully saturated rings. The Bertz CT molecular complexity index is 776. The number of carbonyl (C=O) groups is 1. The summed E-state index contributed by atoms with van der Waals surface area (Å²) in [4.78, 5) is 20.3. The molecule has 0 aliphatic carbocycles. The second-order valence-electron chi connectivity index (χ2n) is 4.48. The Morgan fingerprint density at radius 2 is 2.10 bits per heavy atom. The number of aromatic nitrogens is 3. The van der Waals surface area contributed by atoms with Gasteiger partial charge < -0.3 is 15.6 Å². The van der Waals surface area contributed by atoms with E-state index >= 15 is 0 Å². The fraction of sp³-hybridized carbons (Fsp3) is 0.0714. The van der Waals surface area contributed by atoms with Crippen molar-refractivity contribution in [1.29, 1.82) is 0 Å². The van der Waals surface area contributed by atoms with Gasteiger partial charge in [-0.2, -0.15) is 0 Å². The Kier molecular flexibility index (Phi) is 2.83. The Morgan fingerprint density at radius 3 is 2.85 bits per heavy atom. The average Bonchev–Trinajstić information content (AvgIpc) is 2.82. The number of fused-ring (bicyclic) bond motifs is 1. The third-order valence-corrected chi connectivity index (χ3v) is 3.03. The van der Waals surface area contributed by atoms with E-state index in [0.717, 1.165) is 11.0 Å². The molecule has 20 heavy (non-hydrogen) atoms. The Labute approximate surface area is 115 Å². The lowest BCUT2D eigenvalue weighted by atomic mass is 10.2. The number of carbonyl (C=O) groups excluding carboxylic acids is 1. The van der Waals surface area contributed by atoms with E-state index in [2.05, 4.69) is 15.3 Å². The number of hydrogen-bond acceptors (Lipinski definition) is 4. The summed E-state index contributed by atoms with van der Waals surface area (Å²) >= 11 is 0. The minimum Gasteiger partial charge on any atom is -0.384 e. The monoisotopic (exact) mass is 267 g/mol. The fourth-order valence-electron chi connectivity index (χ4n) is 1.96. The van der Waals surface area contributed by atoms with E-state index < -0.39 is 0 Å². The number of hydrogen-bond donors (Lipinski definition) is 2. The highest BCUT2D eigenvalue weighted by atomic mass is 16.1. The second-order valence-corrected chi connectivity index (χ2v) is 4.48. The number of nitrogens with two attached hydrogens (primary N) is 1. The van der Waals surface area contributed by atoms with Crippen molar-refractivity contribution in [3.8, 4) is 0 Å². The lowest BCUT2D eigenvalue weighted by Crippen LogP contribution is -2.12. The normalized spacial score (nSPS) is 10.7. The minimum absolute atomic E-state index is 0.205. The molecule has 0 unspecified atom stereocenters. The van der Waals surface area contributed by atoms with Crippen molar-refractivity contribution < 1.29 is 4.79 Å². The van der Waals surface area contributed by atoms with E-state index in [9.17, 15) is 4.79 Å². The molecule has 3 aromatic rings. The molecular weight excluding hydrogens is 254 g/mol. The zero-order chi connectivity index (χ0) is 14.1. The Hall–Kier alpha value is -2.89. The number of anilines is 2. The van der Waals surface area contributed by atoms with Crippen LogP contribution >= 0.6 is 0 Å². The van der Waals surface area contributed by atoms with Crippen molar-refractivity contribution in [3.05, 3.63) is 48.4 Å². The van der Waals surface area contributed by atoms with Crippen LogP contribution in [-0.2, 0) is 7.05 Å². The van der Waals surface area contributed by atoms with E-state index in [1.807, 2.05) is 17.7 Å². The maximum atomic E-state index is 12.1. The highest BCUT2D eigenvalue weighted by Gasteiger charge is 2.09. The summed E-state index contributed by atoms with van der Waals surface area (Å²) in [6.45, 7) is 0. The molecule has 6 nitrogen and oxygen atoms in total. The third kappa shape index (κ3) is 2.18. The van der Waals surface area contributed by atoms with Crippen molar-refractivity contribution in [1.82, 2.24) is 14.5 Å². The van der Waals surface area contributed by atoms with Gasteiger partial charge in [0.1, 0.15) is 5.82 Å². The molecule has 0 saturated carbocycles. The Morgan fingerprint density at radius 1 is 1.25 bits per heavy atom. The molecular formula is C14H13N5O. The van der Waals surface area contributed by atoms with Gasteiger partial charge in [0.15, 0.2) is 0 Å². The van der Waals surface area contributed by atoms with Gasteiger partial charge in [-0.15, -0.1) is 0 Å². The quantitative estimate of drug-likeness (QED) is 0.741. The summed E-state index contributed by atoms with van der Waals surface area (Å²) in [5, 5.41) is 2.77. The average molecular weight is 267 g/mol. The number of pyridine rings is 1. The van der Waals surface area contributed by atoms with Crippen LogP contribution in [0, 0.1) is 0 Å². The van der Waals surface area contributed by atoms with Gasteiger partial charge in [-0.25, -0.2) is 9.97 Å². The van der Waals surface area contributed by atoms with Crippen LogP contribution in [0.5, 0.6) is 0 Å². The molecule has 6 heteroatoms. The standard InChI is InChI=1S/C14H13N5O/c1-19-8-17-11-6-9(2-4-12(11)19)14(20)18-10-3-5-13(15)16-7-10/h2-8H,1H3,(H2,15,16)(H,18,20). The summed E-state index contributed by atoms with van der Waals surface area (Å²) in [5.74, 6) is 0.210. The van der Waals surface area contributed by atoms with Crippen molar-refractivity contribution >= 4 is 28.4 Å². The number of imidazole rings is 1. The molecule has 2 heterocycles. The Balaban J connectivity index is 1.86. The topological polar surface area (TPSA) is 85.8 Å². The predicted molar refractivity (Wildman–Crippen MR) is 77.3 cm³/mol. The van der Waals surface area contributed by atoms with Gasteiger partial charge >= 0.3 is 0 Å². The largest absolute Gasteiger partial charge is 0.384 e. The zero-order valence-corrected chi connectivity index (χ0v) is 10.9. The highest BCUT2D eigenvalue weighted by molar-refractivity contribution is 6.05. The predicted octanol–water partition coefficient (Wildman–Crippen LogP) is 1.80. The molecule has 0 saturated heterocycles. The van der Waals surface area contributed by atoms with Gasteiger partial charge in [0.25, 0.3) is 5.91 Å². The molecule has 1 amide bonds. The van der Waals surface area contributed by atoms with Crippen molar-refractivity contribution in [2.45, 2.75) is 0 Å². The van der Waals surface area contributed by atoms with Crippen LogP contribution in [0.1, 0.15) is 10.4 Å². The smallest absolute Gasteiger partial charge is 0.255 e. The summed E-state index contributed by atoms with van der Waals surface area (Å²) < 4.78 is 1.90. The molecule has 3 rings (SSSR count). The van der Waals surface area contributed by atoms with Crippen molar-refractivity contribution in [2.75, 3.05) is 11.1 Å². The molecule has 0 spiro atoms. The first kappa shape index (κ1) is 12.2. The molecule has 2 aromatic heterocycles. The second kappa shape index (κ2) is 4.65. The maximum Gasteiger partial charge on any atom is 0.255 e. The summed E-state index contributed by atoms with van der Waals surface area (Å²) in [5.41, 5.74) is 8.42. The van der Waals surface area contributed by atoms with Gasteiger partial charge in [-0.05, 0) is 30.3 Å². The first-order valence-electron chi connectivity index (χ1n) is 6.07. The lowest BCUT2D eigenvalue weighted by molar-refractivity contribution is 0.102. The molecule has 0 radical (unpaired) electrons. The fourth-order valence-corrected chi connectivity index (χ4v) is 1.96. The minimum atomic E-state index is -0.205. The number of nitrogens with one attached hydrogen (secondary N) is 1. The molecule has 0 aliphatic heterocycles. The molecule has 100 valence electrons.